The van der Waals surface area contributed by atoms with Crippen LogP contribution in [0.3, 0.4) is 0 Å². The SMILES string of the molecule is Cc1ccc(CN(C)C(=O)COC(=O)c2ccc(C)c(S(=O)(=O)N3CCCCC3)c2)cc1. The summed E-state index contributed by atoms with van der Waals surface area (Å²) in [6.45, 7) is 4.65. The average molecular weight is 459 g/mol. The summed E-state index contributed by atoms with van der Waals surface area (Å²) in [4.78, 5) is 26.5. The largest absolute Gasteiger partial charge is 0.452 e. The quantitative estimate of drug-likeness (QED) is 0.595. The third-order valence-corrected chi connectivity index (χ3v) is 7.69. The van der Waals surface area contributed by atoms with Gasteiger partial charge in [0.15, 0.2) is 6.61 Å². The minimum atomic E-state index is -3.68. The van der Waals surface area contributed by atoms with Crippen LogP contribution in [0.2, 0.25) is 0 Å². The molecule has 8 heteroatoms. The van der Waals surface area contributed by atoms with Crippen molar-refractivity contribution in [2.45, 2.75) is 44.6 Å². The summed E-state index contributed by atoms with van der Waals surface area (Å²) >= 11 is 0. The summed E-state index contributed by atoms with van der Waals surface area (Å²) in [7, 11) is -2.04. The molecule has 2 aromatic carbocycles. The van der Waals surface area contributed by atoms with Crippen LogP contribution in [0.1, 0.15) is 46.3 Å². The second-order valence-corrected chi connectivity index (χ2v) is 10.2. The number of likely N-dealkylation sites (N-methyl/N-ethyl adjacent to an activating group) is 1. The van der Waals surface area contributed by atoms with Gasteiger partial charge < -0.3 is 9.64 Å². The standard InChI is InChI=1S/C24H30N2O5S/c1-18-7-10-20(11-8-18)16-25(3)23(27)17-31-24(28)21-12-9-19(2)22(15-21)32(29,30)26-13-5-4-6-14-26/h7-12,15H,4-6,13-14,16-17H2,1-3H3. The first kappa shape index (κ1) is 23.9. The molecule has 0 N–H and O–H groups in total. The highest BCUT2D eigenvalue weighted by molar-refractivity contribution is 7.89. The van der Waals surface area contributed by atoms with Gasteiger partial charge in [0, 0.05) is 26.7 Å². The molecular formula is C24H30N2O5S. The lowest BCUT2D eigenvalue weighted by Gasteiger charge is -2.26. The first-order valence-corrected chi connectivity index (χ1v) is 12.2. The predicted molar refractivity (Wildman–Crippen MR) is 122 cm³/mol. The van der Waals surface area contributed by atoms with E-state index in [-0.39, 0.29) is 16.4 Å². The Morgan fingerprint density at radius 2 is 1.66 bits per heavy atom. The molecule has 2 aromatic rings. The van der Waals surface area contributed by atoms with Crippen LogP contribution in [0.4, 0.5) is 0 Å². The highest BCUT2D eigenvalue weighted by atomic mass is 32.2. The number of hydrogen-bond acceptors (Lipinski definition) is 5. The smallest absolute Gasteiger partial charge is 0.338 e. The second-order valence-electron chi connectivity index (χ2n) is 8.26. The zero-order valence-corrected chi connectivity index (χ0v) is 19.7. The number of hydrogen-bond donors (Lipinski definition) is 0. The summed E-state index contributed by atoms with van der Waals surface area (Å²) in [5.41, 5.74) is 2.79. The number of carbonyl (C=O) groups is 2. The Morgan fingerprint density at radius 3 is 2.31 bits per heavy atom. The lowest BCUT2D eigenvalue weighted by atomic mass is 10.1. The maximum atomic E-state index is 13.0. The summed E-state index contributed by atoms with van der Waals surface area (Å²) in [6, 6.07) is 12.3. The number of amides is 1. The van der Waals surface area contributed by atoms with Gasteiger partial charge in [-0.25, -0.2) is 13.2 Å². The van der Waals surface area contributed by atoms with Gasteiger partial charge in [-0.2, -0.15) is 4.31 Å². The Hall–Kier alpha value is -2.71. The lowest BCUT2D eigenvalue weighted by Crippen LogP contribution is -2.36. The molecule has 1 saturated heterocycles. The van der Waals surface area contributed by atoms with E-state index < -0.39 is 22.6 Å². The van der Waals surface area contributed by atoms with E-state index in [0.29, 0.717) is 25.2 Å². The number of nitrogens with zero attached hydrogens (tertiary/aromatic N) is 2. The molecular weight excluding hydrogens is 428 g/mol. The number of aryl methyl sites for hydroxylation is 2. The molecule has 3 rings (SSSR count). The van der Waals surface area contributed by atoms with E-state index in [9.17, 15) is 18.0 Å². The van der Waals surface area contributed by atoms with Crippen molar-refractivity contribution < 1.29 is 22.7 Å². The molecule has 0 radical (unpaired) electrons. The summed E-state index contributed by atoms with van der Waals surface area (Å²) in [5.74, 6) is -1.07. The van der Waals surface area contributed by atoms with Crippen molar-refractivity contribution in [3.63, 3.8) is 0 Å². The Labute approximate surface area is 190 Å². The van der Waals surface area contributed by atoms with Crippen molar-refractivity contribution in [1.29, 1.82) is 0 Å². The first-order chi connectivity index (χ1) is 15.2. The van der Waals surface area contributed by atoms with Gasteiger partial charge in [-0.1, -0.05) is 42.3 Å². The van der Waals surface area contributed by atoms with Crippen LogP contribution in [0.25, 0.3) is 0 Å². The molecule has 172 valence electrons. The van der Waals surface area contributed by atoms with Crippen molar-refractivity contribution in [1.82, 2.24) is 9.21 Å². The third kappa shape index (κ3) is 5.75. The van der Waals surface area contributed by atoms with Crippen LogP contribution >= 0.6 is 0 Å². The maximum Gasteiger partial charge on any atom is 0.338 e. The van der Waals surface area contributed by atoms with Gasteiger partial charge in [-0.3, -0.25) is 4.79 Å². The van der Waals surface area contributed by atoms with Gasteiger partial charge in [0.25, 0.3) is 5.91 Å². The van der Waals surface area contributed by atoms with Crippen LogP contribution < -0.4 is 0 Å². The zero-order valence-electron chi connectivity index (χ0n) is 18.8. The molecule has 0 unspecified atom stereocenters. The van der Waals surface area contributed by atoms with Gasteiger partial charge in [0.2, 0.25) is 10.0 Å². The minimum absolute atomic E-state index is 0.108. The van der Waals surface area contributed by atoms with Crippen molar-refractivity contribution >= 4 is 21.9 Å². The van der Waals surface area contributed by atoms with E-state index >= 15 is 0 Å². The van der Waals surface area contributed by atoms with Gasteiger partial charge in [0.05, 0.1) is 10.5 Å². The second kappa shape index (κ2) is 10.3. The lowest BCUT2D eigenvalue weighted by molar-refractivity contribution is -0.133. The highest BCUT2D eigenvalue weighted by Crippen LogP contribution is 2.24. The molecule has 0 spiro atoms. The molecule has 1 heterocycles. The molecule has 1 aliphatic rings. The maximum absolute atomic E-state index is 13.0. The number of esters is 1. The average Bonchev–Trinajstić information content (AvgIpc) is 2.79. The van der Waals surface area contributed by atoms with Crippen molar-refractivity contribution in [2.24, 2.45) is 0 Å². The number of carbonyl (C=O) groups excluding carboxylic acids is 2. The summed E-state index contributed by atoms with van der Waals surface area (Å²) in [5, 5.41) is 0. The van der Waals surface area contributed by atoms with Crippen molar-refractivity contribution in [2.75, 3.05) is 26.7 Å². The van der Waals surface area contributed by atoms with Crippen LogP contribution in [0.15, 0.2) is 47.4 Å². The van der Waals surface area contributed by atoms with Crippen molar-refractivity contribution in [3.8, 4) is 0 Å². The molecule has 0 atom stereocenters. The number of sulfonamides is 1. The first-order valence-electron chi connectivity index (χ1n) is 10.8. The third-order valence-electron chi connectivity index (χ3n) is 5.65. The number of benzene rings is 2. The fourth-order valence-electron chi connectivity index (χ4n) is 3.63. The Bertz CT molecular complexity index is 1070. The molecule has 7 nitrogen and oxygen atoms in total. The van der Waals surface area contributed by atoms with E-state index in [2.05, 4.69) is 0 Å². The molecule has 0 aromatic heterocycles. The van der Waals surface area contributed by atoms with Crippen LogP contribution in [-0.4, -0.2) is 56.2 Å². The fourth-order valence-corrected chi connectivity index (χ4v) is 5.39. The molecule has 1 aliphatic heterocycles. The van der Waals surface area contributed by atoms with Gasteiger partial charge in [0.1, 0.15) is 0 Å². The Balaban J connectivity index is 1.64. The van der Waals surface area contributed by atoms with Gasteiger partial charge >= 0.3 is 5.97 Å². The summed E-state index contributed by atoms with van der Waals surface area (Å²) in [6.07, 6.45) is 2.68. The van der Waals surface area contributed by atoms with E-state index in [1.807, 2.05) is 31.2 Å². The number of ether oxygens (including phenoxy) is 1. The molecule has 1 fully saturated rings. The molecule has 0 saturated carbocycles. The normalized spacial score (nSPS) is 14.7. The Morgan fingerprint density at radius 1 is 1.00 bits per heavy atom. The van der Waals surface area contributed by atoms with Crippen molar-refractivity contribution in [3.05, 3.63) is 64.7 Å². The minimum Gasteiger partial charge on any atom is -0.452 e. The molecule has 0 aliphatic carbocycles. The van der Waals surface area contributed by atoms with E-state index in [1.54, 1.807) is 20.0 Å². The van der Waals surface area contributed by atoms with Crippen LogP contribution in [-0.2, 0) is 26.1 Å². The van der Waals surface area contributed by atoms with Gasteiger partial charge in [-0.15, -0.1) is 0 Å². The van der Waals surface area contributed by atoms with Crippen LogP contribution in [0.5, 0.6) is 0 Å². The van der Waals surface area contributed by atoms with Crippen LogP contribution in [0, 0.1) is 13.8 Å². The molecule has 32 heavy (non-hydrogen) atoms. The van der Waals surface area contributed by atoms with E-state index in [1.165, 1.54) is 21.3 Å². The number of rotatable bonds is 7. The monoisotopic (exact) mass is 458 g/mol. The fraction of sp³-hybridized carbons (Fsp3) is 0.417. The summed E-state index contributed by atoms with van der Waals surface area (Å²) < 4.78 is 32.7. The number of piperidine rings is 1. The molecule has 0 bridgehead atoms. The highest BCUT2D eigenvalue weighted by Gasteiger charge is 2.28. The van der Waals surface area contributed by atoms with E-state index in [4.69, 9.17) is 4.74 Å². The predicted octanol–water partition coefficient (Wildman–Crippen LogP) is 3.29. The van der Waals surface area contributed by atoms with Gasteiger partial charge in [-0.05, 0) is 49.9 Å². The zero-order chi connectivity index (χ0) is 23.3. The van der Waals surface area contributed by atoms with E-state index in [0.717, 1.165) is 30.4 Å². The Kier molecular flexibility index (Phi) is 7.69. The topological polar surface area (TPSA) is 84.0 Å². The molecule has 1 amide bonds.